The number of aromatic nitrogens is 2. The summed E-state index contributed by atoms with van der Waals surface area (Å²) in [6.45, 7) is 1.79. The van der Waals surface area contributed by atoms with Crippen molar-refractivity contribution in [3.8, 4) is 0 Å². The first-order valence-electron chi connectivity index (χ1n) is 5.22. The second-order valence-corrected chi connectivity index (χ2v) is 3.93. The molecule has 80 valence electrons. The molecule has 0 fully saturated rings. The fourth-order valence-corrected chi connectivity index (χ4v) is 2.03. The third-order valence-electron chi connectivity index (χ3n) is 2.84. The van der Waals surface area contributed by atoms with Gasteiger partial charge >= 0.3 is 0 Å². The van der Waals surface area contributed by atoms with Crippen LogP contribution in [0.5, 0.6) is 0 Å². The Hall–Kier alpha value is -2.10. The van der Waals surface area contributed by atoms with Gasteiger partial charge in [-0.15, -0.1) is 0 Å². The van der Waals surface area contributed by atoms with Crippen molar-refractivity contribution in [1.29, 1.82) is 0 Å². The van der Waals surface area contributed by atoms with Gasteiger partial charge in [-0.2, -0.15) is 0 Å². The highest BCUT2D eigenvalue weighted by Crippen LogP contribution is 2.26. The summed E-state index contributed by atoms with van der Waals surface area (Å²) in [5.74, 6) is 1.41. The van der Waals surface area contributed by atoms with E-state index in [0.717, 1.165) is 18.9 Å². The number of anilines is 2. The molecule has 0 saturated carbocycles. The maximum Gasteiger partial charge on any atom is 0.134 e. The van der Waals surface area contributed by atoms with Crippen LogP contribution in [0, 0.1) is 0 Å². The van der Waals surface area contributed by atoms with E-state index in [4.69, 9.17) is 5.73 Å². The largest absolute Gasteiger partial charge is 0.384 e. The van der Waals surface area contributed by atoms with Gasteiger partial charge in [0.2, 0.25) is 0 Å². The van der Waals surface area contributed by atoms with Crippen LogP contribution in [0.25, 0.3) is 0 Å². The summed E-state index contributed by atoms with van der Waals surface area (Å²) >= 11 is 0. The zero-order valence-electron chi connectivity index (χ0n) is 8.80. The Morgan fingerprint density at radius 2 is 1.75 bits per heavy atom. The predicted octanol–water partition coefficient (Wildman–Crippen LogP) is 1.58. The van der Waals surface area contributed by atoms with Gasteiger partial charge in [0.05, 0.1) is 0 Å². The summed E-state index contributed by atoms with van der Waals surface area (Å²) in [6, 6.07) is 10.2. The first-order chi connectivity index (χ1) is 7.83. The first-order valence-corrected chi connectivity index (χ1v) is 5.22. The van der Waals surface area contributed by atoms with E-state index in [1.807, 2.05) is 6.07 Å². The number of hydrogen-bond acceptors (Lipinski definition) is 4. The van der Waals surface area contributed by atoms with E-state index in [1.54, 1.807) is 0 Å². The van der Waals surface area contributed by atoms with Crippen LogP contribution in [-0.4, -0.2) is 9.97 Å². The number of nitrogen functional groups attached to an aromatic ring is 1. The van der Waals surface area contributed by atoms with Crippen molar-refractivity contribution in [1.82, 2.24) is 9.97 Å². The van der Waals surface area contributed by atoms with Crippen LogP contribution in [0.4, 0.5) is 11.6 Å². The van der Waals surface area contributed by atoms with Crippen LogP contribution in [0.2, 0.25) is 0 Å². The summed E-state index contributed by atoms with van der Waals surface area (Å²) in [5, 5.41) is 0. The average molecular weight is 212 g/mol. The summed E-state index contributed by atoms with van der Waals surface area (Å²) in [4.78, 5) is 10.3. The lowest BCUT2D eigenvalue weighted by molar-refractivity contribution is 0.852. The highest BCUT2D eigenvalue weighted by molar-refractivity contribution is 5.50. The van der Waals surface area contributed by atoms with Crippen molar-refractivity contribution in [2.24, 2.45) is 0 Å². The molecule has 2 aromatic rings. The molecule has 0 unspecified atom stereocenters. The lowest BCUT2D eigenvalue weighted by Gasteiger charge is -2.15. The van der Waals surface area contributed by atoms with E-state index in [0.29, 0.717) is 5.82 Å². The Balaban J connectivity index is 1.91. The lowest BCUT2D eigenvalue weighted by atomic mass is 10.1. The van der Waals surface area contributed by atoms with Crippen LogP contribution in [0.3, 0.4) is 0 Å². The van der Waals surface area contributed by atoms with E-state index < -0.39 is 0 Å². The number of rotatable bonds is 1. The standard InChI is InChI=1S/C12H12N4/c13-11-5-12(15-8-14-11)16-6-9-3-1-2-4-10(9)7-16/h1-5,8H,6-7H2,(H2,13,14,15). The molecule has 0 bridgehead atoms. The Morgan fingerprint density at radius 1 is 1.06 bits per heavy atom. The van der Waals surface area contributed by atoms with Crippen molar-refractivity contribution < 1.29 is 0 Å². The van der Waals surface area contributed by atoms with Gasteiger partial charge in [-0.05, 0) is 11.1 Å². The fraction of sp³-hybridized carbons (Fsp3) is 0.167. The monoisotopic (exact) mass is 212 g/mol. The Bertz CT molecular complexity index is 499. The van der Waals surface area contributed by atoms with Gasteiger partial charge in [0, 0.05) is 19.2 Å². The zero-order valence-corrected chi connectivity index (χ0v) is 8.80. The van der Waals surface area contributed by atoms with Gasteiger partial charge in [0.1, 0.15) is 18.0 Å². The maximum absolute atomic E-state index is 5.65. The van der Waals surface area contributed by atoms with Gasteiger partial charge in [0.25, 0.3) is 0 Å². The summed E-state index contributed by atoms with van der Waals surface area (Å²) in [7, 11) is 0. The van der Waals surface area contributed by atoms with Crippen molar-refractivity contribution in [2.75, 3.05) is 10.6 Å². The number of nitrogens with zero attached hydrogens (tertiary/aromatic N) is 3. The van der Waals surface area contributed by atoms with Gasteiger partial charge in [-0.3, -0.25) is 0 Å². The molecule has 0 amide bonds. The maximum atomic E-state index is 5.65. The zero-order chi connectivity index (χ0) is 11.0. The molecule has 1 aromatic carbocycles. The molecular weight excluding hydrogens is 200 g/mol. The Morgan fingerprint density at radius 3 is 2.38 bits per heavy atom. The van der Waals surface area contributed by atoms with Gasteiger partial charge in [-0.25, -0.2) is 9.97 Å². The van der Waals surface area contributed by atoms with Gasteiger partial charge < -0.3 is 10.6 Å². The highest BCUT2D eigenvalue weighted by Gasteiger charge is 2.19. The predicted molar refractivity (Wildman–Crippen MR) is 62.8 cm³/mol. The quantitative estimate of drug-likeness (QED) is 0.779. The Labute approximate surface area is 93.8 Å². The molecule has 0 radical (unpaired) electrons. The second-order valence-electron chi connectivity index (χ2n) is 3.93. The molecule has 0 saturated heterocycles. The summed E-state index contributed by atoms with van der Waals surface area (Å²) < 4.78 is 0. The number of fused-ring (bicyclic) bond motifs is 1. The normalized spacial score (nSPS) is 13.9. The molecule has 2 heterocycles. The molecule has 1 aliphatic rings. The van der Waals surface area contributed by atoms with Crippen molar-refractivity contribution in [2.45, 2.75) is 13.1 Å². The first kappa shape index (κ1) is 9.15. The molecule has 2 N–H and O–H groups in total. The minimum atomic E-state index is 0.515. The fourth-order valence-electron chi connectivity index (χ4n) is 2.03. The van der Waals surface area contributed by atoms with Crippen LogP contribution < -0.4 is 10.6 Å². The summed E-state index contributed by atoms with van der Waals surface area (Å²) in [6.07, 6.45) is 1.51. The second kappa shape index (κ2) is 3.48. The smallest absolute Gasteiger partial charge is 0.134 e. The molecule has 4 heteroatoms. The van der Waals surface area contributed by atoms with Gasteiger partial charge in [0.15, 0.2) is 0 Å². The van der Waals surface area contributed by atoms with Crippen LogP contribution in [-0.2, 0) is 13.1 Å². The van der Waals surface area contributed by atoms with Crippen LogP contribution >= 0.6 is 0 Å². The third kappa shape index (κ3) is 1.48. The van der Waals surface area contributed by atoms with Crippen molar-refractivity contribution in [3.63, 3.8) is 0 Å². The molecule has 1 aromatic heterocycles. The molecule has 0 atom stereocenters. The Kier molecular flexibility index (Phi) is 1.99. The molecule has 16 heavy (non-hydrogen) atoms. The summed E-state index contributed by atoms with van der Waals surface area (Å²) in [5.41, 5.74) is 8.38. The lowest BCUT2D eigenvalue weighted by Crippen LogP contribution is -2.16. The molecule has 1 aliphatic heterocycles. The van der Waals surface area contributed by atoms with Crippen LogP contribution in [0.1, 0.15) is 11.1 Å². The SMILES string of the molecule is Nc1cc(N2Cc3ccccc3C2)ncn1. The molecule has 3 rings (SSSR count). The molecule has 0 spiro atoms. The van der Waals surface area contributed by atoms with Gasteiger partial charge in [-0.1, -0.05) is 24.3 Å². The van der Waals surface area contributed by atoms with E-state index in [9.17, 15) is 0 Å². The number of nitrogens with two attached hydrogens (primary N) is 1. The highest BCUT2D eigenvalue weighted by atomic mass is 15.2. The third-order valence-corrected chi connectivity index (χ3v) is 2.84. The van der Waals surface area contributed by atoms with E-state index in [2.05, 4.69) is 39.1 Å². The molecular formula is C12H12N4. The van der Waals surface area contributed by atoms with Crippen molar-refractivity contribution in [3.05, 3.63) is 47.8 Å². The number of hydrogen-bond donors (Lipinski definition) is 1. The average Bonchev–Trinajstić information content (AvgIpc) is 2.72. The molecule has 0 aliphatic carbocycles. The van der Waals surface area contributed by atoms with Crippen molar-refractivity contribution >= 4 is 11.6 Å². The molecule has 4 nitrogen and oxygen atoms in total. The van der Waals surface area contributed by atoms with Crippen LogP contribution in [0.15, 0.2) is 36.7 Å². The van der Waals surface area contributed by atoms with E-state index in [-0.39, 0.29) is 0 Å². The van der Waals surface area contributed by atoms with E-state index >= 15 is 0 Å². The minimum absolute atomic E-state index is 0.515. The van der Waals surface area contributed by atoms with E-state index in [1.165, 1.54) is 17.5 Å². The topological polar surface area (TPSA) is 55.0 Å². The minimum Gasteiger partial charge on any atom is -0.384 e. The number of benzene rings is 1.